The number of Topliss-reactive ketones (excluding diaryl/α,β-unsaturated/α-hetero) is 6. The van der Waals surface area contributed by atoms with E-state index in [9.17, 15) is 77.9 Å². The van der Waals surface area contributed by atoms with Gasteiger partial charge in [-0.05, 0) is 137 Å². The van der Waals surface area contributed by atoms with Crippen LogP contribution in [0.2, 0.25) is 0 Å². The summed E-state index contributed by atoms with van der Waals surface area (Å²) >= 11 is 0. The summed E-state index contributed by atoms with van der Waals surface area (Å²) in [5.74, 6) is -8.65. The summed E-state index contributed by atoms with van der Waals surface area (Å²) in [6, 6.07) is 10.8. The van der Waals surface area contributed by atoms with Gasteiger partial charge in [0.25, 0.3) is 17.7 Å². The number of rotatable bonds is 18. The number of aromatic nitrogens is 3. The van der Waals surface area contributed by atoms with Crippen molar-refractivity contribution in [2.24, 2.45) is 24.3 Å². The number of hydrogen-bond acceptors (Lipinski definition) is 11. The van der Waals surface area contributed by atoms with Crippen molar-refractivity contribution in [1.82, 2.24) is 13.7 Å². The van der Waals surface area contributed by atoms with E-state index in [1.54, 1.807) is 30.0 Å². The number of fused-ring (bicyclic) bond motifs is 2. The monoisotopic (exact) mass is 1330 g/mol. The number of alkyl halides is 3. The number of nitrogens with zero attached hydrogens (tertiary/aromatic N) is 6. The second kappa shape index (κ2) is 28.8. The van der Waals surface area contributed by atoms with E-state index in [0.717, 1.165) is 43.3 Å². The first-order valence-electron chi connectivity index (χ1n) is 29.6. The molecule has 1 saturated heterocycles. The molecule has 3 N–H and O–H groups in total. The van der Waals surface area contributed by atoms with E-state index in [1.807, 2.05) is 13.8 Å². The third kappa shape index (κ3) is 15.4. The lowest BCUT2D eigenvalue weighted by Crippen LogP contribution is -2.28. The van der Waals surface area contributed by atoms with Crippen LogP contribution in [0.4, 0.5) is 60.5 Å². The van der Waals surface area contributed by atoms with E-state index in [4.69, 9.17) is 26.1 Å². The Bertz CT molecular complexity index is 4550. The average molecular weight is 1330 g/mol. The highest BCUT2D eigenvalue weighted by Crippen LogP contribution is 2.38. The summed E-state index contributed by atoms with van der Waals surface area (Å²) in [5, 5.41) is 7.80. The van der Waals surface area contributed by atoms with Crippen molar-refractivity contribution in [3.63, 3.8) is 0 Å². The highest BCUT2D eigenvalue weighted by Gasteiger charge is 2.45. The molecule has 0 aliphatic carbocycles. The first kappa shape index (κ1) is 71.9. The smallest absolute Gasteiger partial charge is 0.343 e. The van der Waals surface area contributed by atoms with Crippen molar-refractivity contribution < 1.29 is 77.9 Å². The van der Waals surface area contributed by atoms with Crippen molar-refractivity contribution in [3.05, 3.63) is 174 Å². The van der Waals surface area contributed by atoms with Crippen LogP contribution in [0, 0.1) is 94.5 Å². The molecule has 0 bridgehead atoms. The molecule has 3 aromatic carbocycles. The molecule has 2 atom stereocenters. The van der Waals surface area contributed by atoms with Gasteiger partial charge >= 0.3 is 6.18 Å². The maximum absolute atomic E-state index is 13.6. The highest BCUT2D eigenvalue weighted by molar-refractivity contribution is 7.91. The average Bonchev–Trinajstić information content (AvgIpc) is 1.61. The molecule has 95 heavy (non-hydrogen) atoms. The Kier molecular flexibility index (Phi) is 21.8. The standard InChI is InChI=1S/C24H22FN3O5S.C22H19F4N3O3.C22H22FN3O3/c1-6-24(9-10-34(32,33)13-24)12-19(29)22(30)20-14(2)21(28(5)15(20)3)23(31)27-16-7-8-17(25)18(11-16)26-4;1-11(22(24,25)26)9-17(30)20(31)18-12(2)19(29-8-4-5-16(18)29)21(32)28-13-6-7-14(23)15(10-13)27-3;1-12(2)10-18(27)21(28)19-13(3)20(26-9-5-6-17(19)26)22(29)25-14-7-8-15(23)16(11-14)24-4/h1,7-8,11H,9-10,12-13H2,2-3,5H3,(H,27,31);6-7,10-11H,4-5,8-9H2,1-2H3,(H,28,32);7-8,11-12H,5-6,9-10H2,1-3H3,(H,25,29)/t24-;11-;/m11./s1. The first-order chi connectivity index (χ1) is 44.5. The number of halogens is 6. The molecule has 6 aromatic rings. The van der Waals surface area contributed by atoms with Crippen LogP contribution in [0.5, 0.6) is 0 Å². The van der Waals surface area contributed by atoms with Crippen molar-refractivity contribution in [2.75, 3.05) is 27.5 Å². The number of terminal acetylenes is 1. The minimum absolute atomic E-state index is 0.0343. The normalized spacial score (nSPS) is 15.2. The molecule has 0 unspecified atom stereocenters. The maximum Gasteiger partial charge on any atom is 0.391 e. The third-order valence-electron chi connectivity index (χ3n) is 16.6. The van der Waals surface area contributed by atoms with Crippen LogP contribution in [0.3, 0.4) is 0 Å². The van der Waals surface area contributed by atoms with Crippen molar-refractivity contribution in [3.8, 4) is 12.3 Å². The summed E-state index contributed by atoms with van der Waals surface area (Å²) in [5.41, 5.74) is 2.06. The molecular weight excluding hydrogens is 1260 g/mol. The van der Waals surface area contributed by atoms with E-state index in [2.05, 4.69) is 36.4 Å². The summed E-state index contributed by atoms with van der Waals surface area (Å²) in [4.78, 5) is 124. The topological polar surface area (TPSA) is 252 Å². The number of amides is 3. The Morgan fingerprint density at radius 2 is 0.989 bits per heavy atom. The van der Waals surface area contributed by atoms with Gasteiger partial charge in [-0.2, -0.15) is 13.2 Å². The molecule has 20 nitrogen and oxygen atoms in total. The Hall–Kier alpha value is -10.5. The van der Waals surface area contributed by atoms with Crippen LogP contribution in [0.1, 0.15) is 156 Å². The van der Waals surface area contributed by atoms with Crippen LogP contribution in [0.15, 0.2) is 54.6 Å². The van der Waals surface area contributed by atoms with Crippen LogP contribution in [-0.4, -0.2) is 92.2 Å². The quantitative estimate of drug-likeness (QED) is 0.0240. The second-order valence-corrected chi connectivity index (χ2v) is 25.9. The summed E-state index contributed by atoms with van der Waals surface area (Å²) in [6.45, 7) is 32.8. The van der Waals surface area contributed by atoms with Gasteiger partial charge in [0.05, 0.1) is 59.2 Å². The lowest BCUT2D eigenvalue weighted by atomic mass is 9.81. The number of hydrogen-bond donors (Lipinski definition) is 3. The fourth-order valence-corrected chi connectivity index (χ4v) is 13.9. The molecule has 494 valence electrons. The Morgan fingerprint density at radius 3 is 1.35 bits per heavy atom. The number of carbonyl (C=O) groups is 9. The predicted molar refractivity (Wildman–Crippen MR) is 338 cm³/mol. The molecule has 0 saturated carbocycles. The van der Waals surface area contributed by atoms with Crippen molar-refractivity contribution in [2.45, 2.75) is 119 Å². The largest absolute Gasteiger partial charge is 0.391 e. The number of anilines is 3. The van der Waals surface area contributed by atoms with Gasteiger partial charge in [0, 0.05) is 73.5 Å². The summed E-state index contributed by atoms with van der Waals surface area (Å²) in [6.07, 6.45) is 2.25. The zero-order valence-electron chi connectivity index (χ0n) is 52.8. The Labute approximate surface area is 542 Å². The molecule has 0 spiro atoms. The van der Waals surface area contributed by atoms with E-state index >= 15 is 0 Å². The highest BCUT2D eigenvalue weighted by atomic mass is 32.2. The molecular formula is C68H63F6N9O11S. The van der Waals surface area contributed by atoms with Crippen molar-refractivity contribution in [1.29, 1.82) is 0 Å². The zero-order valence-corrected chi connectivity index (χ0v) is 53.6. The van der Waals surface area contributed by atoms with Crippen LogP contribution in [-0.2, 0) is 57.2 Å². The first-order valence-corrected chi connectivity index (χ1v) is 31.4. The van der Waals surface area contributed by atoms with Gasteiger partial charge in [0.15, 0.2) is 9.84 Å². The zero-order chi connectivity index (χ0) is 70.5. The number of nitrogens with one attached hydrogen (secondary N) is 3. The van der Waals surface area contributed by atoms with Gasteiger partial charge in [0.1, 0.15) is 34.5 Å². The molecule has 3 aromatic heterocycles. The van der Waals surface area contributed by atoms with Gasteiger partial charge < -0.3 is 29.7 Å². The van der Waals surface area contributed by atoms with E-state index in [1.165, 1.54) is 48.7 Å². The number of ketones is 6. The molecule has 6 heterocycles. The summed E-state index contributed by atoms with van der Waals surface area (Å²) in [7, 11) is -1.82. The van der Waals surface area contributed by atoms with E-state index in [0.29, 0.717) is 66.2 Å². The SMILES string of the molecule is [C-]#[N+]c1cc(NC(=O)c2c(C)c(C(=O)C(=O)CC(C)C)c3n2CCC3)ccc1F.[C-]#[N+]c1cc(NC(=O)c2c(C)c(C(=O)C(=O)C[C@@H](C)C(F)(F)F)c3n2CCC3)ccc1F.[C-]#[N+]c1cc(NC(=O)c2c(C)c(C(=O)C(=O)C[C@@]3(C#C)CCS(=O)(=O)C3)c(C)n2C)ccc1F. The van der Waals surface area contributed by atoms with Crippen LogP contribution >= 0.6 is 0 Å². The Morgan fingerprint density at radius 1 is 0.611 bits per heavy atom. The van der Waals surface area contributed by atoms with Gasteiger partial charge in [-0.1, -0.05) is 26.7 Å². The molecule has 9 rings (SSSR count). The van der Waals surface area contributed by atoms with Gasteiger partial charge in [-0.15, -0.1) is 6.42 Å². The fraction of sp³-hybridized carbons (Fsp3) is 0.353. The molecule has 27 heteroatoms. The van der Waals surface area contributed by atoms with E-state index < -0.39 is 110 Å². The van der Waals surface area contributed by atoms with Gasteiger partial charge in [-0.25, -0.2) is 36.1 Å². The number of sulfone groups is 1. The van der Waals surface area contributed by atoms with E-state index in [-0.39, 0.29) is 92.3 Å². The second-order valence-electron chi connectivity index (χ2n) is 23.7. The number of carbonyl (C=O) groups excluding carboxylic acids is 9. The minimum atomic E-state index is -4.60. The predicted octanol–water partition coefficient (Wildman–Crippen LogP) is 12.7. The molecule has 3 amide bonds. The van der Waals surface area contributed by atoms with Crippen LogP contribution < -0.4 is 16.0 Å². The Balaban J connectivity index is 0.000000202. The number of benzene rings is 3. The lowest BCUT2D eigenvalue weighted by molar-refractivity contribution is -0.172. The maximum atomic E-state index is 13.6. The third-order valence-corrected chi connectivity index (χ3v) is 18.5. The summed E-state index contributed by atoms with van der Waals surface area (Å²) < 4.78 is 108. The van der Waals surface area contributed by atoms with Gasteiger partial charge in [-0.3, -0.25) is 43.2 Å². The lowest BCUT2D eigenvalue weighted by Gasteiger charge is -2.19. The van der Waals surface area contributed by atoms with Crippen molar-refractivity contribution >= 4 is 96.4 Å². The molecule has 0 radical (unpaired) electrons. The van der Waals surface area contributed by atoms with Gasteiger partial charge in [0.2, 0.25) is 51.8 Å². The molecule has 3 aliphatic heterocycles. The fourth-order valence-electron chi connectivity index (χ4n) is 11.8. The molecule has 1 fully saturated rings. The van der Waals surface area contributed by atoms with Crippen LogP contribution in [0.25, 0.3) is 14.5 Å². The minimum Gasteiger partial charge on any atom is -0.343 e. The molecule has 3 aliphatic rings.